The molecule has 0 aliphatic carbocycles. The summed E-state index contributed by atoms with van der Waals surface area (Å²) in [5.41, 5.74) is 0.219. The molecule has 0 spiro atoms. The second-order valence-corrected chi connectivity index (χ2v) is 4.75. The largest absolute Gasteiger partial charge is 0.202 e. The average Bonchev–Trinajstić information content (AvgIpc) is 2.79. The lowest BCUT2D eigenvalue weighted by atomic mass is 10.3. The van der Waals surface area contributed by atoms with Crippen molar-refractivity contribution in [2.45, 2.75) is 9.79 Å². The lowest BCUT2D eigenvalue weighted by Crippen LogP contribution is -1.93. The average molecular weight is 286 g/mol. The van der Waals surface area contributed by atoms with Gasteiger partial charge in [0.05, 0.1) is 21.5 Å². The highest BCUT2D eigenvalue weighted by atomic mass is 32.2. The second-order valence-electron chi connectivity index (χ2n) is 2.63. The van der Waals surface area contributed by atoms with Gasteiger partial charge in [-0.05, 0) is 23.5 Å². The molecule has 0 atom stereocenters. The highest BCUT2D eigenvalue weighted by Crippen LogP contribution is 2.37. The Bertz CT molecular complexity index is 614. The minimum Gasteiger partial charge on any atom is -0.202 e. The van der Waals surface area contributed by atoms with Gasteiger partial charge in [-0.25, -0.2) is 8.78 Å². The fourth-order valence-electron chi connectivity index (χ4n) is 1.17. The van der Waals surface area contributed by atoms with Crippen LogP contribution in [0.3, 0.4) is 0 Å². The van der Waals surface area contributed by atoms with Crippen molar-refractivity contribution in [1.29, 1.82) is 10.5 Å². The van der Waals surface area contributed by atoms with Gasteiger partial charge in [0, 0.05) is 0 Å². The van der Waals surface area contributed by atoms with Crippen LogP contribution < -0.4 is 0 Å². The Morgan fingerprint density at radius 2 is 1.35 bits per heavy atom. The molecule has 0 saturated carbocycles. The van der Waals surface area contributed by atoms with Gasteiger partial charge in [-0.3, -0.25) is 0 Å². The zero-order chi connectivity index (χ0) is 12.4. The summed E-state index contributed by atoms with van der Waals surface area (Å²) < 4.78 is 34.9. The van der Waals surface area contributed by atoms with Crippen LogP contribution in [0.5, 0.6) is 0 Å². The first-order chi connectivity index (χ1) is 8.20. The van der Waals surface area contributed by atoms with E-state index in [0.29, 0.717) is 23.5 Å². The standard InChI is InChI=1S/C8F2N4S3/c9-3-4(10)8(16-2-12)6-5(13-17-14-6)7(3)15-1-11. The van der Waals surface area contributed by atoms with Gasteiger partial charge >= 0.3 is 0 Å². The maximum absolute atomic E-state index is 13.6. The molecule has 0 aliphatic heterocycles. The van der Waals surface area contributed by atoms with Crippen LogP contribution in [0.2, 0.25) is 0 Å². The summed E-state index contributed by atoms with van der Waals surface area (Å²) >= 11 is 1.73. The number of thiocyanates is 2. The fraction of sp³-hybridized carbons (Fsp3) is 0. The molecule has 84 valence electrons. The number of fused-ring (bicyclic) bond motifs is 1. The molecule has 0 amide bonds. The molecule has 2 rings (SSSR count). The van der Waals surface area contributed by atoms with Crippen molar-refractivity contribution in [2.75, 3.05) is 0 Å². The zero-order valence-corrected chi connectivity index (χ0v) is 10.2. The first kappa shape index (κ1) is 12.0. The van der Waals surface area contributed by atoms with Gasteiger partial charge in [0.25, 0.3) is 0 Å². The van der Waals surface area contributed by atoms with Crippen molar-refractivity contribution in [2.24, 2.45) is 0 Å². The van der Waals surface area contributed by atoms with Gasteiger partial charge in [0.2, 0.25) is 0 Å². The predicted molar refractivity (Wildman–Crippen MR) is 60.3 cm³/mol. The summed E-state index contributed by atoms with van der Waals surface area (Å²) in [4.78, 5) is -0.396. The van der Waals surface area contributed by atoms with E-state index in [-0.39, 0.29) is 20.8 Å². The third-order valence-corrected chi connectivity index (χ3v) is 3.67. The van der Waals surface area contributed by atoms with E-state index in [1.807, 2.05) is 0 Å². The Morgan fingerprint density at radius 1 is 0.941 bits per heavy atom. The smallest absolute Gasteiger partial charge is 0.177 e. The molecular weight excluding hydrogens is 286 g/mol. The Balaban J connectivity index is 2.84. The molecule has 0 saturated heterocycles. The van der Waals surface area contributed by atoms with Crippen molar-refractivity contribution in [3.05, 3.63) is 11.6 Å². The van der Waals surface area contributed by atoms with Crippen LogP contribution in [-0.2, 0) is 0 Å². The zero-order valence-electron chi connectivity index (χ0n) is 7.77. The summed E-state index contributed by atoms with van der Waals surface area (Å²) in [6.45, 7) is 0. The monoisotopic (exact) mass is 286 g/mol. The minimum absolute atomic E-state index is 0.109. The van der Waals surface area contributed by atoms with Gasteiger partial charge in [0.15, 0.2) is 11.6 Å². The van der Waals surface area contributed by atoms with E-state index in [9.17, 15) is 8.78 Å². The first-order valence-electron chi connectivity index (χ1n) is 3.95. The number of nitriles is 2. The third kappa shape index (κ3) is 1.93. The molecule has 2 aromatic rings. The number of halogens is 2. The number of benzene rings is 1. The predicted octanol–water partition coefficient (Wildman–Crippen LogP) is 3.12. The van der Waals surface area contributed by atoms with Crippen LogP contribution in [0.25, 0.3) is 11.0 Å². The number of rotatable bonds is 2. The van der Waals surface area contributed by atoms with Gasteiger partial charge in [-0.2, -0.15) is 19.3 Å². The summed E-state index contributed by atoms with van der Waals surface area (Å²) in [7, 11) is 0. The molecule has 0 fully saturated rings. The van der Waals surface area contributed by atoms with E-state index < -0.39 is 11.6 Å². The van der Waals surface area contributed by atoms with Gasteiger partial charge in [0.1, 0.15) is 21.8 Å². The Morgan fingerprint density at radius 3 is 1.71 bits per heavy atom. The van der Waals surface area contributed by atoms with E-state index in [1.54, 1.807) is 10.8 Å². The summed E-state index contributed by atoms with van der Waals surface area (Å²) in [6, 6.07) is 0. The van der Waals surface area contributed by atoms with Gasteiger partial charge in [-0.15, -0.1) is 0 Å². The van der Waals surface area contributed by atoms with Crippen LogP contribution in [0.15, 0.2) is 9.79 Å². The normalized spacial score (nSPS) is 10.1. The van der Waals surface area contributed by atoms with Crippen molar-refractivity contribution in [3.63, 3.8) is 0 Å². The van der Waals surface area contributed by atoms with Crippen LogP contribution in [0, 0.1) is 33.0 Å². The number of hydrogen-bond donors (Lipinski definition) is 0. The highest BCUT2D eigenvalue weighted by Gasteiger charge is 2.23. The van der Waals surface area contributed by atoms with Crippen LogP contribution in [0.1, 0.15) is 0 Å². The molecule has 0 aliphatic rings. The van der Waals surface area contributed by atoms with Gasteiger partial charge in [-0.1, -0.05) is 0 Å². The number of hydrogen-bond acceptors (Lipinski definition) is 7. The van der Waals surface area contributed by atoms with Crippen LogP contribution in [-0.4, -0.2) is 8.75 Å². The third-order valence-electron chi connectivity index (χ3n) is 1.81. The topological polar surface area (TPSA) is 73.4 Å². The number of aromatic nitrogens is 2. The van der Waals surface area contributed by atoms with E-state index >= 15 is 0 Å². The molecule has 0 unspecified atom stereocenters. The maximum Gasteiger partial charge on any atom is 0.177 e. The molecule has 0 N–H and O–H groups in total. The van der Waals surface area contributed by atoms with Gasteiger partial charge < -0.3 is 0 Å². The SMILES string of the molecule is N#CSc1c(F)c(F)c(SC#N)c2nsnc12. The lowest BCUT2D eigenvalue weighted by molar-refractivity contribution is 0.480. The van der Waals surface area contributed by atoms with E-state index in [4.69, 9.17) is 10.5 Å². The minimum atomic E-state index is -1.17. The molecular formula is C8F2N4S3. The Kier molecular flexibility index (Phi) is 3.43. The van der Waals surface area contributed by atoms with Crippen molar-refractivity contribution in [3.8, 4) is 10.8 Å². The Hall–Kier alpha value is -1.42. The van der Waals surface area contributed by atoms with Crippen LogP contribution in [0.4, 0.5) is 8.78 Å². The molecule has 1 aromatic carbocycles. The first-order valence-corrected chi connectivity index (χ1v) is 6.32. The maximum atomic E-state index is 13.6. The molecule has 17 heavy (non-hydrogen) atoms. The van der Waals surface area contributed by atoms with Crippen molar-refractivity contribution >= 4 is 46.3 Å². The lowest BCUT2D eigenvalue weighted by Gasteiger charge is -2.03. The fourth-order valence-corrected chi connectivity index (χ4v) is 2.87. The molecule has 0 bridgehead atoms. The molecule has 1 heterocycles. The van der Waals surface area contributed by atoms with E-state index in [0.717, 1.165) is 11.7 Å². The molecule has 9 heteroatoms. The second kappa shape index (κ2) is 4.84. The van der Waals surface area contributed by atoms with E-state index in [1.165, 1.54) is 0 Å². The summed E-state index contributed by atoms with van der Waals surface area (Å²) in [6.07, 6.45) is 0. The Labute approximate surface area is 107 Å². The van der Waals surface area contributed by atoms with Crippen molar-refractivity contribution in [1.82, 2.24) is 8.75 Å². The number of thioether (sulfide) groups is 2. The van der Waals surface area contributed by atoms with Crippen LogP contribution >= 0.6 is 35.3 Å². The highest BCUT2D eigenvalue weighted by molar-refractivity contribution is 8.04. The molecule has 0 radical (unpaired) electrons. The summed E-state index contributed by atoms with van der Waals surface area (Å²) in [5, 5.41) is 20.4. The number of nitrogens with zero attached hydrogens (tertiary/aromatic N) is 4. The van der Waals surface area contributed by atoms with E-state index in [2.05, 4.69) is 8.75 Å². The molecule has 4 nitrogen and oxygen atoms in total. The molecule has 1 aromatic heterocycles. The quantitative estimate of drug-likeness (QED) is 0.624. The van der Waals surface area contributed by atoms with Crippen molar-refractivity contribution < 1.29 is 8.78 Å². The summed E-state index contributed by atoms with van der Waals surface area (Å²) in [5.74, 6) is -2.34.